The summed E-state index contributed by atoms with van der Waals surface area (Å²) < 4.78 is 5.87. The first-order valence-corrected chi connectivity index (χ1v) is 7.93. The van der Waals surface area contributed by atoms with E-state index in [1.807, 2.05) is 31.2 Å². The lowest BCUT2D eigenvalue weighted by atomic mass is 9.88. The Morgan fingerprint density at radius 3 is 2.81 bits per heavy atom. The topological polar surface area (TPSA) is 50.4 Å². The molecule has 1 amide bonds. The lowest BCUT2D eigenvalue weighted by Crippen LogP contribution is -2.49. The van der Waals surface area contributed by atoms with E-state index >= 15 is 0 Å². The maximum atomic E-state index is 12.2. The first-order valence-electron chi connectivity index (χ1n) is 7.93. The molecule has 3 rings (SSSR count). The summed E-state index contributed by atoms with van der Waals surface area (Å²) in [5, 5.41) is 6.26. The van der Waals surface area contributed by atoms with E-state index < -0.39 is 0 Å². The van der Waals surface area contributed by atoms with Gasteiger partial charge in [-0.3, -0.25) is 4.79 Å². The van der Waals surface area contributed by atoms with Gasteiger partial charge in [0.15, 0.2) is 0 Å². The van der Waals surface area contributed by atoms with Gasteiger partial charge in [-0.1, -0.05) is 25.1 Å². The lowest BCUT2D eigenvalue weighted by Gasteiger charge is -2.31. The van der Waals surface area contributed by atoms with E-state index in [2.05, 4.69) is 10.6 Å². The van der Waals surface area contributed by atoms with Crippen LogP contribution in [0.1, 0.15) is 25.3 Å². The number of amides is 1. The normalized spacial score (nSPS) is 19.7. The van der Waals surface area contributed by atoms with Crippen LogP contribution >= 0.6 is 0 Å². The molecule has 0 spiro atoms. The van der Waals surface area contributed by atoms with Crippen molar-refractivity contribution in [1.82, 2.24) is 10.6 Å². The highest BCUT2D eigenvalue weighted by molar-refractivity contribution is 5.78. The van der Waals surface area contributed by atoms with Crippen LogP contribution in [0.3, 0.4) is 0 Å². The van der Waals surface area contributed by atoms with Crippen molar-refractivity contribution in [2.24, 2.45) is 17.8 Å². The van der Waals surface area contributed by atoms with E-state index in [0.717, 1.165) is 36.9 Å². The van der Waals surface area contributed by atoms with Gasteiger partial charge in [0.25, 0.3) is 0 Å². The molecule has 1 aromatic rings. The third-order valence-electron chi connectivity index (χ3n) is 4.53. The Bertz CT molecular complexity index is 495. The van der Waals surface area contributed by atoms with Crippen molar-refractivity contribution in [2.75, 3.05) is 19.7 Å². The molecule has 2 fully saturated rings. The molecule has 1 saturated carbocycles. The molecule has 2 N–H and O–H groups in total. The van der Waals surface area contributed by atoms with E-state index in [4.69, 9.17) is 4.74 Å². The monoisotopic (exact) mass is 288 g/mol. The zero-order valence-corrected chi connectivity index (χ0v) is 12.6. The molecule has 0 aromatic heterocycles. The van der Waals surface area contributed by atoms with Crippen LogP contribution in [0.25, 0.3) is 0 Å². The molecule has 1 aliphatic heterocycles. The van der Waals surface area contributed by atoms with Gasteiger partial charge in [0.05, 0.1) is 6.61 Å². The first kappa shape index (κ1) is 14.4. The number of para-hydroxylation sites is 1. The highest BCUT2D eigenvalue weighted by atomic mass is 16.5. The molecule has 0 radical (unpaired) electrons. The zero-order valence-electron chi connectivity index (χ0n) is 12.6. The number of ether oxygens (including phenoxy) is 1. The number of carbonyl (C=O) groups is 1. The lowest BCUT2D eigenvalue weighted by molar-refractivity contribution is -0.126. The van der Waals surface area contributed by atoms with E-state index in [1.54, 1.807) is 0 Å². The maximum absolute atomic E-state index is 12.2. The summed E-state index contributed by atoms with van der Waals surface area (Å²) in [5.74, 6) is 2.33. The largest absolute Gasteiger partial charge is 0.493 e. The molecule has 4 heteroatoms. The van der Waals surface area contributed by atoms with Gasteiger partial charge in [0.1, 0.15) is 5.75 Å². The van der Waals surface area contributed by atoms with Gasteiger partial charge in [-0.15, -0.1) is 0 Å². The van der Waals surface area contributed by atoms with Crippen LogP contribution in [-0.2, 0) is 11.3 Å². The third kappa shape index (κ3) is 3.76. The van der Waals surface area contributed by atoms with Gasteiger partial charge in [-0.05, 0) is 43.8 Å². The zero-order chi connectivity index (χ0) is 14.7. The molecule has 1 unspecified atom stereocenters. The van der Waals surface area contributed by atoms with Crippen LogP contribution in [0, 0.1) is 17.8 Å². The van der Waals surface area contributed by atoms with Crippen molar-refractivity contribution in [3.63, 3.8) is 0 Å². The Kier molecular flexibility index (Phi) is 4.44. The van der Waals surface area contributed by atoms with Crippen molar-refractivity contribution in [3.05, 3.63) is 29.8 Å². The third-order valence-corrected chi connectivity index (χ3v) is 4.53. The Morgan fingerprint density at radius 1 is 1.38 bits per heavy atom. The van der Waals surface area contributed by atoms with Crippen LogP contribution in [-0.4, -0.2) is 25.6 Å². The fourth-order valence-corrected chi connectivity index (χ4v) is 2.50. The molecular weight excluding hydrogens is 264 g/mol. The van der Waals surface area contributed by atoms with Crippen molar-refractivity contribution in [2.45, 2.75) is 26.3 Å². The molecular formula is C17H24N2O2. The van der Waals surface area contributed by atoms with Crippen LogP contribution in [0.5, 0.6) is 5.75 Å². The molecule has 1 heterocycles. The summed E-state index contributed by atoms with van der Waals surface area (Å²) in [7, 11) is 0. The fraction of sp³-hybridized carbons (Fsp3) is 0.588. The smallest absolute Gasteiger partial charge is 0.223 e. The molecule has 1 aliphatic carbocycles. The summed E-state index contributed by atoms with van der Waals surface area (Å²) in [6.07, 6.45) is 2.57. The van der Waals surface area contributed by atoms with Gasteiger partial charge in [0.2, 0.25) is 5.91 Å². The number of carbonyl (C=O) groups excluding carboxylic acids is 1. The van der Waals surface area contributed by atoms with E-state index in [9.17, 15) is 4.79 Å². The molecule has 1 saturated heterocycles. The SMILES string of the molecule is CC(C(=O)NCc1ccccc1OCC1CC1)C1CNC1. The molecule has 114 valence electrons. The highest BCUT2D eigenvalue weighted by Gasteiger charge is 2.28. The average Bonchev–Trinajstić information content (AvgIpc) is 3.25. The number of benzene rings is 1. The number of hydrogen-bond donors (Lipinski definition) is 2. The van der Waals surface area contributed by atoms with E-state index in [1.165, 1.54) is 12.8 Å². The predicted molar refractivity (Wildman–Crippen MR) is 82.0 cm³/mol. The summed E-state index contributed by atoms with van der Waals surface area (Å²) in [5.41, 5.74) is 1.06. The average molecular weight is 288 g/mol. The second-order valence-electron chi connectivity index (χ2n) is 6.29. The van der Waals surface area contributed by atoms with Crippen molar-refractivity contribution in [1.29, 1.82) is 0 Å². The second kappa shape index (κ2) is 6.48. The summed E-state index contributed by atoms with van der Waals surface area (Å²) in [6.45, 7) is 5.26. The maximum Gasteiger partial charge on any atom is 0.223 e. The van der Waals surface area contributed by atoms with Crippen LogP contribution in [0.2, 0.25) is 0 Å². The Morgan fingerprint density at radius 2 is 2.14 bits per heavy atom. The molecule has 1 atom stereocenters. The van der Waals surface area contributed by atoms with Gasteiger partial charge in [0, 0.05) is 18.0 Å². The quantitative estimate of drug-likeness (QED) is 0.806. The minimum atomic E-state index is 0.0748. The van der Waals surface area contributed by atoms with Gasteiger partial charge >= 0.3 is 0 Å². The van der Waals surface area contributed by atoms with E-state index in [-0.39, 0.29) is 11.8 Å². The molecule has 1 aromatic carbocycles. The Labute approximate surface area is 126 Å². The van der Waals surface area contributed by atoms with Gasteiger partial charge in [-0.2, -0.15) is 0 Å². The van der Waals surface area contributed by atoms with Crippen LogP contribution < -0.4 is 15.4 Å². The minimum absolute atomic E-state index is 0.0748. The minimum Gasteiger partial charge on any atom is -0.493 e. The second-order valence-corrected chi connectivity index (χ2v) is 6.29. The summed E-state index contributed by atoms with van der Waals surface area (Å²) in [6, 6.07) is 7.99. The summed E-state index contributed by atoms with van der Waals surface area (Å²) in [4.78, 5) is 12.2. The molecule has 21 heavy (non-hydrogen) atoms. The Hall–Kier alpha value is -1.55. The van der Waals surface area contributed by atoms with Crippen molar-refractivity contribution in [3.8, 4) is 5.75 Å². The molecule has 0 bridgehead atoms. The standard InChI is InChI=1S/C17H24N2O2/c1-12(15-8-18-9-15)17(20)19-10-14-4-2-3-5-16(14)21-11-13-6-7-13/h2-5,12-13,15,18H,6-11H2,1H3,(H,19,20). The van der Waals surface area contributed by atoms with Gasteiger partial charge in [-0.25, -0.2) is 0 Å². The number of nitrogens with one attached hydrogen (secondary N) is 2. The number of hydrogen-bond acceptors (Lipinski definition) is 3. The Balaban J connectivity index is 1.52. The molecule has 2 aliphatic rings. The fourth-order valence-electron chi connectivity index (χ4n) is 2.50. The first-order chi connectivity index (χ1) is 10.2. The highest BCUT2D eigenvalue weighted by Crippen LogP contribution is 2.30. The van der Waals surface area contributed by atoms with E-state index in [0.29, 0.717) is 12.5 Å². The molecule has 4 nitrogen and oxygen atoms in total. The van der Waals surface area contributed by atoms with Crippen molar-refractivity contribution >= 4 is 5.91 Å². The summed E-state index contributed by atoms with van der Waals surface area (Å²) >= 11 is 0. The predicted octanol–water partition coefficient (Wildman–Crippen LogP) is 1.95. The van der Waals surface area contributed by atoms with Crippen molar-refractivity contribution < 1.29 is 9.53 Å². The van der Waals surface area contributed by atoms with Crippen LogP contribution in [0.4, 0.5) is 0 Å². The van der Waals surface area contributed by atoms with Crippen LogP contribution in [0.15, 0.2) is 24.3 Å². The number of rotatable bonds is 7. The van der Waals surface area contributed by atoms with Gasteiger partial charge < -0.3 is 15.4 Å².